The van der Waals surface area contributed by atoms with E-state index in [1.165, 1.54) is 10.7 Å². The normalized spacial score (nSPS) is 15.6. The molecular formula is C9H7ClN4O2. The molecule has 1 aliphatic rings. The SMILES string of the molecule is O=c1[nH]c(=O)n2cnc(Cl)nc2c1C1CC1. The predicted octanol–water partition coefficient (Wildman–Crippen LogP) is 0.309. The molecule has 0 unspecified atom stereocenters. The van der Waals surface area contributed by atoms with Crippen LogP contribution in [-0.4, -0.2) is 19.4 Å². The fourth-order valence-corrected chi connectivity index (χ4v) is 1.86. The van der Waals surface area contributed by atoms with Gasteiger partial charge in [0.25, 0.3) is 5.56 Å². The molecule has 0 spiro atoms. The van der Waals surface area contributed by atoms with Crippen molar-refractivity contribution < 1.29 is 0 Å². The topological polar surface area (TPSA) is 80.1 Å². The van der Waals surface area contributed by atoms with E-state index in [4.69, 9.17) is 11.6 Å². The Morgan fingerprint density at radius 2 is 2.19 bits per heavy atom. The fourth-order valence-electron chi connectivity index (χ4n) is 1.74. The average molecular weight is 239 g/mol. The molecule has 82 valence electrons. The van der Waals surface area contributed by atoms with E-state index in [0.29, 0.717) is 11.2 Å². The Kier molecular flexibility index (Phi) is 1.88. The summed E-state index contributed by atoms with van der Waals surface area (Å²) in [7, 11) is 0. The van der Waals surface area contributed by atoms with Crippen LogP contribution in [0.15, 0.2) is 15.9 Å². The molecule has 0 bridgehead atoms. The van der Waals surface area contributed by atoms with Crippen molar-refractivity contribution in [3.8, 4) is 0 Å². The quantitative estimate of drug-likeness (QED) is 0.775. The molecule has 16 heavy (non-hydrogen) atoms. The van der Waals surface area contributed by atoms with Crippen molar-refractivity contribution in [3.63, 3.8) is 0 Å². The molecule has 1 aliphatic carbocycles. The Hall–Kier alpha value is -1.69. The van der Waals surface area contributed by atoms with Crippen LogP contribution in [0.5, 0.6) is 0 Å². The van der Waals surface area contributed by atoms with E-state index in [0.717, 1.165) is 12.8 Å². The third-order valence-corrected chi connectivity index (χ3v) is 2.80. The minimum absolute atomic E-state index is 0.0342. The zero-order valence-electron chi connectivity index (χ0n) is 8.11. The van der Waals surface area contributed by atoms with Gasteiger partial charge in [0.2, 0.25) is 5.28 Å². The molecule has 1 fully saturated rings. The highest BCUT2D eigenvalue weighted by molar-refractivity contribution is 6.28. The van der Waals surface area contributed by atoms with Crippen LogP contribution < -0.4 is 11.2 Å². The highest BCUT2D eigenvalue weighted by atomic mass is 35.5. The molecule has 0 amide bonds. The molecule has 0 atom stereocenters. The van der Waals surface area contributed by atoms with Crippen LogP contribution in [-0.2, 0) is 0 Å². The number of aromatic nitrogens is 4. The van der Waals surface area contributed by atoms with Gasteiger partial charge in [-0.05, 0) is 30.4 Å². The first kappa shape index (κ1) is 9.53. The lowest BCUT2D eigenvalue weighted by Crippen LogP contribution is -2.29. The summed E-state index contributed by atoms with van der Waals surface area (Å²) in [4.78, 5) is 33.1. The Morgan fingerprint density at radius 3 is 2.88 bits per heavy atom. The second-order valence-electron chi connectivity index (χ2n) is 3.77. The smallest absolute Gasteiger partial charge is 0.273 e. The highest BCUT2D eigenvalue weighted by Crippen LogP contribution is 2.39. The van der Waals surface area contributed by atoms with E-state index in [2.05, 4.69) is 15.0 Å². The Morgan fingerprint density at radius 1 is 1.44 bits per heavy atom. The molecular weight excluding hydrogens is 232 g/mol. The van der Waals surface area contributed by atoms with Crippen molar-refractivity contribution in [2.45, 2.75) is 18.8 Å². The molecule has 1 N–H and O–H groups in total. The van der Waals surface area contributed by atoms with E-state index >= 15 is 0 Å². The number of fused-ring (bicyclic) bond motifs is 1. The van der Waals surface area contributed by atoms with Gasteiger partial charge in [-0.25, -0.2) is 14.2 Å². The standard InChI is InChI=1S/C9H7ClN4O2/c10-8-11-3-14-6(12-8)5(4-1-2-4)7(15)13-9(14)16/h3-4H,1-2H2,(H,13,15,16). The van der Waals surface area contributed by atoms with Crippen LogP contribution in [0.3, 0.4) is 0 Å². The molecule has 6 nitrogen and oxygen atoms in total. The van der Waals surface area contributed by atoms with Gasteiger partial charge in [0.15, 0.2) is 5.65 Å². The van der Waals surface area contributed by atoms with Gasteiger partial charge < -0.3 is 0 Å². The van der Waals surface area contributed by atoms with Crippen LogP contribution >= 0.6 is 11.6 Å². The van der Waals surface area contributed by atoms with E-state index in [9.17, 15) is 9.59 Å². The van der Waals surface area contributed by atoms with Crippen molar-refractivity contribution in [3.05, 3.63) is 38.0 Å². The van der Waals surface area contributed by atoms with E-state index in [-0.39, 0.29) is 16.8 Å². The lowest BCUT2D eigenvalue weighted by Gasteiger charge is -2.03. The molecule has 7 heteroatoms. The van der Waals surface area contributed by atoms with E-state index in [1.807, 2.05) is 0 Å². The molecule has 2 aromatic rings. The van der Waals surface area contributed by atoms with Gasteiger partial charge in [0.05, 0.1) is 5.56 Å². The second-order valence-corrected chi connectivity index (χ2v) is 4.10. The van der Waals surface area contributed by atoms with Gasteiger partial charge in [-0.3, -0.25) is 9.78 Å². The molecule has 2 aromatic heterocycles. The van der Waals surface area contributed by atoms with Crippen LogP contribution in [0.25, 0.3) is 5.65 Å². The molecule has 0 aromatic carbocycles. The van der Waals surface area contributed by atoms with Crippen molar-refractivity contribution in [1.82, 2.24) is 19.4 Å². The summed E-state index contributed by atoms with van der Waals surface area (Å²) in [6.45, 7) is 0. The fraction of sp³-hybridized carbons (Fsp3) is 0.333. The molecule has 1 saturated carbocycles. The first-order valence-corrected chi connectivity index (χ1v) is 5.21. The number of hydrogen-bond acceptors (Lipinski definition) is 4. The number of halogens is 1. The van der Waals surface area contributed by atoms with Gasteiger partial charge in [-0.2, -0.15) is 4.98 Å². The predicted molar refractivity (Wildman–Crippen MR) is 56.9 cm³/mol. The largest absolute Gasteiger partial charge is 0.335 e. The van der Waals surface area contributed by atoms with Crippen LogP contribution in [0.4, 0.5) is 0 Å². The van der Waals surface area contributed by atoms with Crippen molar-refractivity contribution in [2.24, 2.45) is 0 Å². The minimum Gasteiger partial charge on any atom is -0.273 e. The summed E-state index contributed by atoms with van der Waals surface area (Å²) >= 11 is 5.67. The van der Waals surface area contributed by atoms with Gasteiger partial charge in [0, 0.05) is 0 Å². The Labute approximate surface area is 93.9 Å². The van der Waals surface area contributed by atoms with Crippen LogP contribution in [0, 0.1) is 0 Å². The molecule has 2 heterocycles. The maximum absolute atomic E-state index is 11.7. The van der Waals surface area contributed by atoms with E-state index in [1.54, 1.807) is 0 Å². The molecule has 0 aliphatic heterocycles. The number of nitrogens with zero attached hydrogens (tertiary/aromatic N) is 3. The summed E-state index contributed by atoms with van der Waals surface area (Å²) in [6, 6.07) is 0. The number of rotatable bonds is 1. The van der Waals surface area contributed by atoms with E-state index < -0.39 is 5.69 Å². The van der Waals surface area contributed by atoms with Crippen molar-refractivity contribution in [2.75, 3.05) is 0 Å². The van der Waals surface area contributed by atoms with Crippen molar-refractivity contribution in [1.29, 1.82) is 0 Å². The molecule has 3 rings (SSSR count). The summed E-state index contributed by atoms with van der Waals surface area (Å²) in [5.74, 6) is 0.185. The summed E-state index contributed by atoms with van der Waals surface area (Å²) in [5, 5.41) is 0.0342. The minimum atomic E-state index is -0.541. The van der Waals surface area contributed by atoms with Gasteiger partial charge in [-0.15, -0.1) is 0 Å². The van der Waals surface area contributed by atoms with Gasteiger partial charge >= 0.3 is 5.69 Å². The highest BCUT2D eigenvalue weighted by Gasteiger charge is 2.29. The number of hydrogen-bond donors (Lipinski definition) is 1. The average Bonchev–Trinajstić information content (AvgIpc) is 3.01. The lowest BCUT2D eigenvalue weighted by molar-refractivity contribution is 0.870. The zero-order valence-corrected chi connectivity index (χ0v) is 8.86. The third-order valence-electron chi connectivity index (χ3n) is 2.62. The molecule has 0 saturated heterocycles. The third kappa shape index (κ3) is 1.34. The monoisotopic (exact) mass is 238 g/mol. The van der Waals surface area contributed by atoms with Gasteiger partial charge in [0.1, 0.15) is 6.33 Å². The van der Waals surface area contributed by atoms with Crippen LogP contribution in [0.1, 0.15) is 24.3 Å². The first-order chi connectivity index (χ1) is 7.66. The number of H-pyrrole nitrogens is 1. The number of nitrogens with one attached hydrogen (secondary N) is 1. The summed E-state index contributed by atoms with van der Waals surface area (Å²) in [6.07, 6.45) is 3.16. The Balaban J connectivity index is 2.51. The lowest BCUT2D eigenvalue weighted by atomic mass is 10.2. The maximum Gasteiger partial charge on any atom is 0.335 e. The van der Waals surface area contributed by atoms with Crippen molar-refractivity contribution >= 4 is 17.2 Å². The zero-order chi connectivity index (χ0) is 11.3. The molecule has 0 radical (unpaired) electrons. The Bertz CT molecular complexity index is 686. The summed E-state index contributed by atoms with van der Waals surface area (Å²) < 4.78 is 1.21. The first-order valence-electron chi connectivity index (χ1n) is 4.84. The maximum atomic E-state index is 11.7. The number of aromatic amines is 1. The van der Waals surface area contributed by atoms with Gasteiger partial charge in [-0.1, -0.05) is 0 Å². The summed E-state index contributed by atoms with van der Waals surface area (Å²) in [5.41, 5.74) is -0.0662. The second kappa shape index (κ2) is 3.15. The van der Waals surface area contributed by atoms with Crippen LogP contribution in [0.2, 0.25) is 5.28 Å².